The van der Waals surface area contributed by atoms with Gasteiger partial charge in [0.2, 0.25) is 0 Å². The van der Waals surface area contributed by atoms with Gasteiger partial charge in [-0.05, 0) is 95.2 Å². The van der Waals surface area contributed by atoms with Crippen LogP contribution in [0.4, 0.5) is 0 Å². The van der Waals surface area contributed by atoms with Crippen LogP contribution in [0, 0.1) is 11.8 Å². The Balaban J connectivity index is 0.000000211. The van der Waals surface area contributed by atoms with Gasteiger partial charge in [-0.25, -0.2) is 5.84 Å². The van der Waals surface area contributed by atoms with Gasteiger partial charge in [0.25, 0.3) is 0 Å². The van der Waals surface area contributed by atoms with Crippen molar-refractivity contribution in [2.75, 3.05) is 20.1 Å². The molecule has 0 bridgehead atoms. The molecule has 7 nitrogen and oxygen atoms in total. The van der Waals surface area contributed by atoms with Crippen molar-refractivity contribution in [1.82, 2.24) is 24.7 Å². The number of aromatic nitrogens is 3. The first-order valence-corrected chi connectivity index (χ1v) is 16.0. The number of aldehydes is 1. The fraction of sp³-hybridized carbons (Fsp3) is 0.559. The molecule has 42 heavy (non-hydrogen) atoms. The molecule has 1 saturated carbocycles. The summed E-state index contributed by atoms with van der Waals surface area (Å²) in [6.45, 7) is 11.4. The normalized spacial score (nSPS) is 20.8. The Kier molecular flexibility index (Phi) is 14.0. The van der Waals surface area contributed by atoms with Crippen molar-refractivity contribution < 1.29 is 4.79 Å². The van der Waals surface area contributed by atoms with E-state index in [-0.39, 0.29) is 0 Å². The first-order chi connectivity index (χ1) is 20.3. The lowest BCUT2D eigenvalue weighted by atomic mass is 9.79. The first kappa shape index (κ1) is 33.8. The van der Waals surface area contributed by atoms with E-state index in [2.05, 4.69) is 67.2 Å². The van der Waals surface area contributed by atoms with Crippen LogP contribution in [0.2, 0.25) is 5.02 Å². The van der Waals surface area contributed by atoms with Crippen LogP contribution in [0.25, 0.3) is 11.3 Å². The molecule has 230 valence electrons. The Morgan fingerprint density at radius 1 is 1.21 bits per heavy atom. The van der Waals surface area contributed by atoms with Crippen LogP contribution in [0.3, 0.4) is 0 Å². The highest BCUT2D eigenvalue weighted by molar-refractivity contribution is 6.30. The minimum absolute atomic E-state index is 0.603. The predicted octanol–water partition coefficient (Wildman–Crippen LogP) is 7.46. The quantitative estimate of drug-likeness (QED) is 0.184. The molecule has 2 aliphatic carbocycles. The molecule has 0 radical (unpaired) electrons. The molecule has 8 heteroatoms. The van der Waals surface area contributed by atoms with Crippen molar-refractivity contribution in [3.05, 3.63) is 70.8 Å². The summed E-state index contributed by atoms with van der Waals surface area (Å²) < 4.78 is 2.01. The van der Waals surface area contributed by atoms with Gasteiger partial charge in [0.1, 0.15) is 6.29 Å². The summed E-state index contributed by atoms with van der Waals surface area (Å²) in [7, 11) is 2.18. The molecule has 1 saturated heterocycles. The van der Waals surface area contributed by atoms with E-state index in [0.717, 1.165) is 37.1 Å². The predicted molar refractivity (Wildman–Crippen MR) is 175 cm³/mol. The highest BCUT2D eigenvalue weighted by Crippen LogP contribution is 2.38. The number of allylic oxidation sites excluding steroid dienone is 6. The van der Waals surface area contributed by atoms with Crippen molar-refractivity contribution in [1.29, 1.82) is 0 Å². The average molecular weight is 595 g/mol. The number of halogens is 1. The van der Waals surface area contributed by atoms with E-state index in [1.807, 2.05) is 28.0 Å². The molecule has 0 spiro atoms. The van der Waals surface area contributed by atoms with E-state index in [4.69, 9.17) is 22.2 Å². The zero-order chi connectivity index (χ0) is 30.5. The fourth-order valence-corrected chi connectivity index (χ4v) is 5.85. The van der Waals surface area contributed by atoms with Crippen LogP contribution in [0.5, 0.6) is 0 Å². The molecule has 2 aromatic rings. The molecule has 0 amide bonds. The molecular formula is C34H51ClN6O. The third kappa shape index (κ3) is 9.92. The summed E-state index contributed by atoms with van der Waals surface area (Å²) in [5.41, 5.74) is 6.28. The van der Waals surface area contributed by atoms with Gasteiger partial charge in [0.05, 0.1) is 23.5 Å². The lowest BCUT2D eigenvalue weighted by molar-refractivity contribution is -0.106. The molecule has 3 aliphatic rings. The number of carbonyl (C=O) groups excluding carboxylic acids is 1. The minimum Gasteiger partial charge on any atom is -0.315 e. The molecule has 3 heterocycles. The molecular weight excluding hydrogens is 544 g/mol. The van der Waals surface area contributed by atoms with Gasteiger partial charge < -0.3 is 14.7 Å². The number of pyridine rings is 1. The summed E-state index contributed by atoms with van der Waals surface area (Å²) in [6, 6.07) is 4.38. The van der Waals surface area contributed by atoms with E-state index < -0.39 is 0 Å². The van der Waals surface area contributed by atoms with Crippen molar-refractivity contribution in [3.63, 3.8) is 0 Å². The third-order valence-corrected chi connectivity index (χ3v) is 8.65. The average Bonchev–Trinajstić information content (AvgIpc) is 3.59. The van der Waals surface area contributed by atoms with Crippen molar-refractivity contribution >= 4 is 17.9 Å². The Bertz CT molecular complexity index is 1200. The van der Waals surface area contributed by atoms with Gasteiger partial charge in [-0.1, -0.05) is 56.5 Å². The van der Waals surface area contributed by atoms with Gasteiger partial charge >= 0.3 is 0 Å². The van der Waals surface area contributed by atoms with E-state index in [1.54, 1.807) is 6.20 Å². The topological polar surface area (TPSA) is 80.3 Å². The number of hydrazine groups is 1. The van der Waals surface area contributed by atoms with Crippen LogP contribution in [-0.4, -0.2) is 57.1 Å². The van der Waals surface area contributed by atoms with Gasteiger partial charge in [-0.2, -0.15) is 5.10 Å². The van der Waals surface area contributed by atoms with E-state index in [1.165, 1.54) is 75.3 Å². The van der Waals surface area contributed by atoms with E-state index in [9.17, 15) is 0 Å². The van der Waals surface area contributed by atoms with Crippen LogP contribution in [-0.2, 0) is 11.3 Å². The second-order valence-electron chi connectivity index (χ2n) is 11.8. The minimum atomic E-state index is 0.603. The van der Waals surface area contributed by atoms with Gasteiger partial charge in [0, 0.05) is 42.2 Å². The zero-order valence-electron chi connectivity index (χ0n) is 26.3. The number of nitrogens with zero attached hydrogens (tertiary/aromatic N) is 5. The number of nitrogens with two attached hydrogens (primary N) is 1. The van der Waals surface area contributed by atoms with E-state index >= 15 is 0 Å². The summed E-state index contributed by atoms with van der Waals surface area (Å²) in [5.74, 6) is 7.73. The summed E-state index contributed by atoms with van der Waals surface area (Å²) in [4.78, 5) is 15.5. The van der Waals surface area contributed by atoms with E-state index in [0.29, 0.717) is 22.9 Å². The second kappa shape index (κ2) is 17.4. The molecule has 0 aromatic carbocycles. The molecule has 2 fully saturated rings. The Labute approximate surface area is 258 Å². The number of carbonyl (C=O) groups is 1. The summed E-state index contributed by atoms with van der Waals surface area (Å²) in [5, 5.41) is 7.13. The number of likely N-dealkylation sites (N-methyl/N-ethyl adjacent to an activating group) is 1. The van der Waals surface area contributed by atoms with Crippen molar-refractivity contribution in [2.24, 2.45) is 17.7 Å². The SMILES string of the molecule is CC=O.CCCCN(N)/C(=C(\C)C1=CC=CC(C)C1)C1CCC1.CN1CCC[C@H]1Cn1cc(-c2ccc(Cl)cn2)cn1. The molecule has 2 atom stereocenters. The molecule has 1 aliphatic heterocycles. The van der Waals surface area contributed by atoms with Crippen molar-refractivity contribution in [2.45, 2.75) is 91.6 Å². The fourth-order valence-electron chi connectivity index (χ4n) is 5.74. The second-order valence-corrected chi connectivity index (χ2v) is 12.2. The first-order valence-electron chi connectivity index (χ1n) is 15.6. The number of hydrogen-bond acceptors (Lipinski definition) is 6. The zero-order valence-corrected chi connectivity index (χ0v) is 27.1. The lowest BCUT2D eigenvalue weighted by Crippen LogP contribution is -2.37. The number of hydrogen-bond donors (Lipinski definition) is 1. The lowest BCUT2D eigenvalue weighted by Gasteiger charge is -2.36. The standard InChI is InChI=1S/C18H30N2.C14H17ClN4.C2H4O/c1-4-5-12-20(19)18(16-9-7-10-16)15(3)17-11-6-8-14(2)13-17;1-18-6-2-3-13(18)10-19-9-11(7-17-19)14-5-4-12(15)8-16-14;1-2-3/h6,8,11,14,16H,4-5,7,9-10,12-13,19H2,1-3H3;4-5,7-9,13H,2-3,6,10H2,1H3;2H,1H3/b18-15+;;/t;13-;/m.0./s1. The Hall–Kier alpha value is -2.74. The maximum atomic E-state index is 8.81. The molecule has 5 rings (SSSR count). The maximum absolute atomic E-state index is 8.81. The smallest absolute Gasteiger partial charge is 0.116 e. The van der Waals surface area contributed by atoms with Crippen molar-refractivity contribution in [3.8, 4) is 11.3 Å². The van der Waals surface area contributed by atoms with Crippen LogP contribution < -0.4 is 5.84 Å². The number of likely N-dealkylation sites (tertiary alicyclic amines) is 1. The number of unbranched alkanes of at least 4 members (excludes halogenated alkanes) is 1. The largest absolute Gasteiger partial charge is 0.315 e. The van der Waals surface area contributed by atoms with Crippen LogP contribution in [0.1, 0.15) is 79.1 Å². The maximum Gasteiger partial charge on any atom is 0.116 e. The van der Waals surface area contributed by atoms with Gasteiger partial charge in [0.15, 0.2) is 0 Å². The van der Waals surface area contributed by atoms with Gasteiger partial charge in [-0.3, -0.25) is 9.67 Å². The Morgan fingerprint density at radius 2 is 1.98 bits per heavy atom. The Morgan fingerprint density at radius 3 is 2.55 bits per heavy atom. The molecule has 2 N–H and O–H groups in total. The molecule has 1 unspecified atom stereocenters. The third-order valence-electron chi connectivity index (χ3n) is 8.42. The monoisotopic (exact) mass is 594 g/mol. The number of rotatable bonds is 9. The highest BCUT2D eigenvalue weighted by Gasteiger charge is 2.27. The molecule has 2 aromatic heterocycles. The summed E-state index contributed by atoms with van der Waals surface area (Å²) in [6.07, 6.45) is 23.2. The van der Waals surface area contributed by atoms with Crippen LogP contribution in [0.15, 0.2) is 65.8 Å². The highest BCUT2D eigenvalue weighted by atomic mass is 35.5. The van der Waals surface area contributed by atoms with Gasteiger partial charge in [-0.15, -0.1) is 0 Å². The summed E-state index contributed by atoms with van der Waals surface area (Å²) >= 11 is 5.84. The van der Waals surface area contributed by atoms with Crippen LogP contribution >= 0.6 is 11.6 Å².